The summed E-state index contributed by atoms with van der Waals surface area (Å²) >= 11 is 0. The summed E-state index contributed by atoms with van der Waals surface area (Å²) in [5.41, 5.74) is 0. The van der Waals surface area contributed by atoms with Gasteiger partial charge in [0.15, 0.2) is 0 Å². The van der Waals surface area contributed by atoms with Crippen LogP contribution in [-0.2, 0) is 14.3 Å². The Morgan fingerprint density at radius 1 is 1.06 bits per heavy atom. The first kappa shape index (κ1) is 9.12. The molecule has 90 valence electrons. The highest BCUT2D eigenvalue weighted by atomic mass is 16.5. The molecular formula is C14H16O3. The Morgan fingerprint density at radius 3 is 2.59 bits per heavy atom. The van der Waals surface area contributed by atoms with Gasteiger partial charge in [-0.1, -0.05) is 0 Å². The maximum Gasteiger partial charge on any atom is 0.302 e. The number of esters is 1. The number of hydrogen-bond acceptors (Lipinski definition) is 3. The summed E-state index contributed by atoms with van der Waals surface area (Å²) in [6, 6.07) is 0. The van der Waals surface area contributed by atoms with E-state index in [9.17, 15) is 9.59 Å². The van der Waals surface area contributed by atoms with Gasteiger partial charge in [0, 0.05) is 30.6 Å². The fourth-order valence-corrected chi connectivity index (χ4v) is 6.64. The van der Waals surface area contributed by atoms with Gasteiger partial charge in [0.2, 0.25) is 0 Å². The molecule has 17 heavy (non-hydrogen) atoms. The van der Waals surface area contributed by atoms with Gasteiger partial charge in [-0.25, -0.2) is 0 Å². The summed E-state index contributed by atoms with van der Waals surface area (Å²) in [4.78, 5) is 23.6. The SMILES string of the molecule is CC(=O)OC1C2C3CCC4C2C(=O)C2C4C3C12. The quantitative estimate of drug-likeness (QED) is 0.505. The smallest absolute Gasteiger partial charge is 0.302 e. The van der Waals surface area contributed by atoms with E-state index in [4.69, 9.17) is 4.74 Å². The van der Waals surface area contributed by atoms with E-state index in [1.54, 1.807) is 0 Å². The van der Waals surface area contributed by atoms with Gasteiger partial charge in [0.25, 0.3) is 0 Å². The zero-order valence-corrected chi connectivity index (χ0v) is 9.84. The van der Waals surface area contributed by atoms with Crippen LogP contribution >= 0.6 is 0 Å². The zero-order chi connectivity index (χ0) is 11.5. The average molecular weight is 232 g/mol. The van der Waals surface area contributed by atoms with Crippen LogP contribution in [0.3, 0.4) is 0 Å². The van der Waals surface area contributed by atoms with E-state index >= 15 is 0 Å². The van der Waals surface area contributed by atoms with Gasteiger partial charge in [0.05, 0.1) is 0 Å². The fraction of sp³-hybridized carbons (Fsp3) is 0.857. The summed E-state index contributed by atoms with van der Waals surface area (Å²) in [6.45, 7) is 1.50. The number of Topliss-reactive ketones (excluding diaryl/α,β-unsaturated/α-hetero) is 1. The number of rotatable bonds is 1. The monoisotopic (exact) mass is 232 g/mol. The van der Waals surface area contributed by atoms with Crippen LogP contribution in [0.5, 0.6) is 0 Å². The van der Waals surface area contributed by atoms with Crippen molar-refractivity contribution in [2.24, 2.45) is 47.3 Å². The minimum absolute atomic E-state index is 0.0942. The van der Waals surface area contributed by atoms with Crippen LogP contribution in [-0.4, -0.2) is 17.9 Å². The van der Waals surface area contributed by atoms with E-state index in [-0.39, 0.29) is 23.9 Å². The van der Waals surface area contributed by atoms with Crippen molar-refractivity contribution in [2.75, 3.05) is 0 Å². The van der Waals surface area contributed by atoms with Crippen molar-refractivity contribution >= 4 is 11.8 Å². The molecule has 0 heterocycles. The second-order valence-electron chi connectivity index (χ2n) is 6.74. The summed E-state index contributed by atoms with van der Waals surface area (Å²) in [5, 5.41) is 0. The van der Waals surface area contributed by atoms with Gasteiger partial charge >= 0.3 is 5.97 Å². The van der Waals surface area contributed by atoms with Crippen LogP contribution in [0.4, 0.5) is 0 Å². The van der Waals surface area contributed by atoms with Crippen molar-refractivity contribution < 1.29 is 14.3 Å². The molecule has 0 aromatic heterocycles. The van der Waals surface area contributed by atoms with Crippen LogP contribution in [0.2, 0.25) is 0 Å². The van der Waals surface area contributed by atoms with Crippen molar-refractivity contribution in [1.82, 2.24) is 0 Å². The lowest BCUT2D eigenvalue weighted by molar-refractivity contribution is -0.164. The number of carbonyl (C=O) groups is 2. The van der Waals surface area contributed by atoms with Crippen LogP contribution in [0, 0.1) is 47.3 Å². The fourth-order valence-electron chi connectivity index (χ4n) is 6.64. The molecule has 0 spiro atoms. The van der Waals surface area contributed by atoms with Crippen molar-refractivity contribution in [2.45, 2.75) is 25.9 Å². The van der Waals surface area contributed by atoms with E-state index in [0.29, 0.717) is 35.4 Å². The van der Waals surface area contributed by atoms with E-state index in [1.807, 2.05) is 0 Å². The third-order valence-electron chi connectivity index (χ3n) is 6.63. The molecule has 0 radical (unpaired) electrons. The van der Waals surface area contributed by atoms with Crippen molar-refractivity contribution in [3.63, 3.8) is 0 Å². The summed E-state index contributed by atoms with van der Waals surface area (Å²) in [6.07, 6.45) is 2.63. The first-order valence-electron chi connectivity index (χ1n) is 6.91. The Hall–Kier alpha value is -0.860. The first-order valence-corrected chi connectivity index (χ1v) is 6.91. The lowest BCUT2D eigenvalue weighted by Gasteiger charge is -2.53. The minimum atomic E-state index is -0.159. The van der Waals surface area contributed by atoms with E-state index in [2.05, 4.69) is 0 Å². The van der Waals surface area contributed by atoms with Crippen LogP contribution < -0.4 is 0 Å². The van der Waals surface area contributed by atoms with Crippen LogP contribution in [0.15, 0.2) is 0 Å². The highest BCUT2D eigenvalue weighted by Crippen LogP contribution is 2.79. The van der Waals surface area contributed by atoms with Gasteiger partial charge in [-0.2, -0.15) is 0 Å². The molecule has 0 aliphatic heterocycles. The van der Waals surface area contributed by atoms with E-state index < -0.39 is 0 Å². The molecule has 3 heteroatoms. The summed E-state index contributed by atoms with van der Waals surface area (Å²) in [5.74, 6) is 4.51. The molecule has 4 aliphatic rings. The highest BCUT2D eigenvalue weighted by molar-refractivity contribution is 5.91. The normalized spacial score (nSPS) is 64.1. The zero-order valence-electron chi connectivity index (χ0n) is 9.84. The topological polar surface area (TPSA) is 43.4 Å². The number of carbonyl (C=O) groups excluding carboxylic acids is 2. The van der Waals surface area contributed by atoms with Gasteiger partial charge in [-0.15, -0.1) is 0 Å². The molecule has 9 unspecified atom stereocenters. The molecule has 4 fully saturated rings. The standard InChI is InChI=1S/C14H16O3/c1-4(15)17-14-10-6-3-2-5-7-8(6)12(14)11(7)13(16)9(5)10/h5-12,14H,2-3H2,1H3. The predicted octanol–water partition coefficient (Wildman–Crippen LogP) is 1.26. The Labute approximate surface area is 99.9 Å². The summed E-state index contributed by atoms with van der Waals surface area (Å²) < 4.78 is 5.59. The largest absolute Gasteiger partial charge is 0.462 e. The Morgan fingerprint density at radius 2 is 1.82 bits per heavy atom. The molecule has 0 saturated heterocycles. The molecule has 0 aromatic rings. The Balaban J connectivity index is 1.64. The maximum absolute atomic E-state index is 12.3. The minimum Gasteiger partial charge on any atom is -0.462 e. The lowest BCUT2D eigenvalue weighted by Crippen LogP contribution is -2.52. The lowest BCUT2D eigenvalue weighted by atomic mass is 9.50. The molecule has 4 saturated carbocycles. The molecule has 0 aromatic carbocycles. The van der Waals surface area contributed by atoms with Crippen molar-refractivity contribution in [3.8, 4) is 0 Å². The Bertz CT molecular complexity index is 456. The van der Waals surface area contributed by atoms with E-state index in [0.717, 1.165) is 5.92 Å². The Kier molecular flexibility index (Phi) is 1.32. The van der Waals surface area contributed by atoms with Crippen LogP contribution in [0.1, 0.15) is 19.8 Å². The second-order valence-corrected chi connectivity index (χ2v) is 6.74. The summed E-state index contributed by atoms with van der Waals surface area (Å²) in [7, 11) is 0. The molecule has 0 N–H and O–H groups in total. The van der Waals surface area contributed by atoms with Gasteiger partial charge in [0.1, 0.15) is 11.9 Å². The number of ether oxygens (including phenoxy) is 1. The van der Waals surface area contributed by atoms with E-state index in [1.165, 1.54) is 19.8 Å². The predicted molar refractivity (Wildman–Crippen MR) is 57.7 cm³/mol. The molecule has 0 amide bonds. The second kappa shape index (κ2) is 2.45. The molecule has 4 aliphatic carbocycles. The number of hydrogen-bond donors (Lipinski definition) is 0. The molecule has 3 nitrogen and oxygen atoms in total. The van der Waals surface area contributed by atoms with Crippen LogP contribution in [0.25, 0.3) is 0 Å². The first-order chi connectivity index (χ1) is 8.20. The van der Waals surface area contributed by atoms with Crippen molar-refractivity contribution in [1.29, 1.82) is 0 Å². The van der Waals surface area contributed by atoms with Gasteiger partial charge < -0.3 is 4.74 Å². The number of ketones is 1. The third kappa shape index (κ3) is 0.723. The maximum atomic E-state index is 12.3. The highest BCUT2D eigenvalue weighted by Gasteiger charge is 2.82. The van der Waals surface area contributed by atoms with Gasteiger partial charge in [-0.05, 0) is 36.5 Å². The molecule has 0 bridgehead atoms. The molecule has 4 rings (SSSR count). The average Bonchev–Trinajstić information content (AvgIpc) is 2.51. The molecular weight excluding hydrogens is 216 g/mol. The van der Waals surface area contributed by atoms with Gasteiger partial charge in [-0.3, -0.25) is 9.59 Å². The third-order valence-corrected chi connectivity index (χ3v) is 6.63. The molecule has 9 atom stereocenters. The number of fused-ring (bicyclic) bond motifs is 9. The van der Waals surface area contributed by atoms with Crippen molar-refractivity contribution in [3.05, 3.63) is 0 Å².